The third-order valence-corrected chi connectivity index (χ3v) is 4.51. The van der Waals surface area contributed by atoms with E-state index in [1.807, 2.05) is 0 Å². The third kappa shape index (κ3) is 5.76. The first-order valence-corrected chi connectivity index (χ1v) is 7.27. The minimum absolute atomic E-state index is 0. The van der Waals surface area contributed by atoms with Gasteiger partial charge in [0.1, 0.15) is 0 Å². The lowest BCUT2D eigenvalue weighted by molar-refractivity contribution is -0.120. The van der Waals surface area contributed by atoms with Crippen LogP contribution in [0.15, 0.2) is 0 Å². The second-order valence-corrected chi connectivity index (χ2v) is 6.18. The summed E-state index contributed by atoms with van der Waals surface area (Å²) in [7, 11) is 4.26. The van der Waals surface area contributed by atoms with E-state index in [0.717, 1.165) is 19.0 Å². The van der Waals surface area contributed by atoms with E-state index in [2.05, 4.69) is 29.6 Å². The number of hydrogen-bond donors (Lipinski definition) is 2. The first-order chi connectivity index (χ1) is 8.62. The molecule has 0 radical (unpaired) electrons. The number of amides is 1. The van der Waals surface area contributed by atoms with Gasteiger partial charge in [0.25, 0.3) is 0 Å². The van der Waals surface area contributed by atoms with E-state index in [4.69, 9.17) is 0 Å². The largest absolute Gasteiger partial charge is 0.353 e. The molecule has 120 valence electrons. The van der Waals surface area contributed by atoms with Crippen molar-refractivity contribution in [3.63, 3.8) is 0 Å². The third-order valence-electron chi connectivity index (χ3n) is 4.51. The molecule has 0 aromatic rings. The maximum Gasteiger partial charge on any atom is 0.234 e. The molecular weight excluding hydrogens is 297 g/mol. The molecule has 0 atom stereocenters. The molecule has 2 aliphatic carbocycles. The van der Waals surface area contributed by atoms with Crippen LogP contribution in [-0.4, -0.2) is 50.1 Å². The van der Waals surface area contributed by atoms with Crippen LogP contribution in [0.5, 0.6) is 0 Å². The Morgan fingerprint density at radius 2 is 1.80 bits per heavy atom. The van der Waals surface area contributed by atoms with Crippen LogP contribution >= 0.6 is 24.8 Å². The zero-order chi connectivity index (χ0) is 13.0. The summed E-state index contributed by atoms with van der Waals surface area (Å²) >= 11 is 0. The number of nitrogens with one attached hydrogen (secondary N) is 2. The molecule has 6 heteroatoms. The van der Waals surface area contributed by atoms with Crippen molar-refractivity contribution in [2.24, 2.45) is 5.92 Å². The summed E-state index contributed by atoms with van der Waals surface area (Å²) in [5.41, 5.74) is 0.201. The molecule has 1 amide bonds. The zero-order valence-corrected chi connectivity index (χ0v) is 14.2. The highest BCUT2D eigenvalue weighted by atomic mass is 35.5. The normalized spacial score (nSPS) is 20.1. The van der Waals surface area contributed by atoms with Crippen molar-refractivity contribution in [3.8, 4) is 0 Å². The monoisotopic (exact) mass is 325 g/mol. The maximum atomic E-state index is 11.8. The Morgan fingerprint density at radius 3 is 2.30 bits per heavy atom. The van der Waals surface area contributed by atoms with Gasteiger partial charge in [0.15, 0.2) is 0 Å². The predicted octanol–water partition coefficient (Wildman–Crippen LogP) is 1.82. The molecule has 0 unspecified atom stereocenters. The molecule has 0 saturated heterocycles. The molecule has 2 saturated carbocycles. The summed E-state index contributed by atoms with van der Waals surface area (Å²) in [6, 6.07) is 0. The Kier molecular flexibility index (Phi) is 9.07. The second-order valence-electron chi connectivity index (χ2n) is 6.18. The molecule has 2 rings (SSSR count). The van der Waals surface area contributed by atoms with Gasteiger partial charge in [-0.2, -0.15) is 0 Å². The predicted molar refractivity (Wildman–Crippen MR) is 88.0 cm³/mol. The highest BCUT2D eigenvalue weighted by Gasteiger charge is 2.36. The molecule has 0 aromatic heterocycles. The van der Waals surface area contributed by atoms with Gasteiger partial charge >= 0.3 is 0 Å². The fourth-order valence-corrected chi connectivity index (χ4v) is 2.85. The lowest BCUT2D eigenvalue weighted by atomic mass is 9.96. The highest BCUT2D eigenvalue weighted by Crippen LogP contribution is 2.33. The topological polar surface area (TPSA) is 44.4 Å². The number of carbonyl (C=O) groups is 1. The first-order valence-electron chi connectivity index (χ1n) is 7.27. The SMILES string of the molecule is CN(C)C1(CNC(=O)CNCC2CC2)CCCC1.Cl.Cl. The van der Waals surface area contributed by atoms with Crippen molar-refractivity contribution >= 4 is 30.7 Å². The Balaban J connectivity index is 0.00000180. The molecule has 20 heavy (non-hydrogen) atoms. The van der Waals surface area contributed by atoms with Gasteiger partial charge in [-0.1, -0.05) is 12.8 Å². The van der Waals surface area contributed by atoms with E-state index < -0.39 is 0 Å². The van der Waals surface area contributed by atoms with Crippen LogP contribution in [0.1, 0.15) is 38.5 Å². The van der Waals surface area contributed by atoms with E-state index in [1.54, 1.807) is 0 Å². The van der Waals surface area contributed by atoms with Gasteiger partial charge in [0.05, 0.1) is 6.54 Å². The fraction of sp³-hybridized carbons (Fsp3) is 0.929. The molecule has 2 N–H and O–H groups in total. The molecule has 0 aliphatic heterocycles. The number of likely N-dealkylation sites (N-methyl/N-ethyl adjacent to an activating group) is 1. The van der Waals surface area contributed by atoms with E-state index in [-0.39, 0.29) is 36.3 Å². The van der Waals surface area contributed by atoms with Gasteiger partial charge in [0, 0.05) is 12.1 Å². The van der Waals surface area contributed by atoms with Crippen LogP contribution in [0.4, 0.5) is 0 Å². The Morgan fingerprint density at radius 1 is 1.20 bits per heavy atom. The van der Waals surface area contributed by atoms with Crippen LogP contribution in [0.2, 0.25) is 0 Å². The van der Waals surface area contributed by atoms with Crippen LogP contribution in [0.25, 0.3) is 0 Å². The number of halogens is 2. The fourth-order valence-electron chi connectivity index (χ4n) is 2.85. The van der Waals surface area contributed by atoms with Crippen molar-refractivity contribution in [1.82, 2.24) is 15.5 Å². The van der Waals surface area contributed by atoms with E-state index >= 15 is 0 Å². The summed E-state index contributed by atoms with van der Waals surface area (Å²) in [6.45, 7) is 2.27. The Labute approximate surface area is 135 Å². The van der Waals surface area contributed by atoms with Gasteiger partial charge in [-0.15, -0.1) is 24.8 Å². The molecule has 0 spiro atoms. The number of hydrogen-bond acceptors (Lipinski definition) is 3. The first kappa shape index (κ1) is 20.0. The van der Waals surface area contributed by atoms with Crippen LogP contribution < -0.4 is 10.6 Å². The van der Waals surface area contributed by atoms with Gasteiger partial charge in [-0.05, 0) is 52.2 Å². The van der Waals surface area contributed by atoms with Gasteiger partial charge in [-0.25, -0.2) is 0 Å². The minimum atomic E-state index is 0. The standard InChI is InChI=1S/C14H27N3O.2ClH/c1-17(2)14(7-3-4-8-14)11-16-13(18)10-15-9-12-5-6-12;;/h12,15H,3-11H2,1-2H3,(H,16,18);2*1H. The van der Waals surface area contributed by atoms with Gasteiger partial charge < -0.3 is 15.5 Å². The second kappa shape index (κ2) is 9.08. The molecule has 4 nitrogen and oxygen atoms in total. The number of carbonyl (C=O) groups excluding carboxylic acids is 1. The van der Waals surface area contributed by atoms with Gasteiger partial charge in [-0.3, -0.25) is 4.79 Å². The number of nitrogens with zero attached hydrogens (tertiary/aromatic N) is 1. The summed E-state index contributed by atoms with van der Waals surface area (Å²) in [5.74, 6) is 0.976. The van der Waals surface area contributed by atoms with E-state index in [9.17, 15) is 4.79 Å². The molecule has 2 fully saturated rings. The van der Waals surface area contributed by atoms with Crippen LogP contribution in [-0.2, 0) is 4.79 Å². The van der Waals surface area contributed by atoms with E-state index in [0.29, 0.717) is 6.54 Å². The van der Waals surface area contributed by atoms with Crippen LogP contribution in [0, 0.1) is 5.92 Å². The summed E-state index contributed by atoms with van der Waals surface area (Å²) in [6.07, 6.45) is 7.64. The van der Waals surface area contributed by atoms with Gasteiger partial charge in [0.2, 0.25) is 5.91 Å². The van der Waals surface area contributed by atoms with Crippen molar-refractivity contribution in [1.29, 1.82) is 0 Å². The summed E-state index contributed by atoms with van der Waals surface area (Å²) < 4.78 is 0. The molecule has 0 bridgehead atoms. The number of rotatable bonds is 7. The molecular formula is C14H29Cl2N3O. The Hall–Kier alpha value is -0.0300. The molecule has 0 aromatic carbocycles. The smallest absolute Gasteiger partial charge is 0.234 e. The molecule has 2 aliphatic rings. The summed E-state index contributed by atoms with van der Waals surface area (Å²) in [4.78, 5) is 14.1. The highest BCUT2D eigenvalue weighted by molar-refractivity contribution is 5.85. The van der Waals surface area contributed by atoms with Crippen molar-refractivity contribution < 1.29 is 4.79 Å². The Bertz CT molecular complexity index is 290. The van der Waals surface area contributed by atoms with Crippen molar-refractivity contribution in [2.75, 3.05) is 33.7 Å². The lowest BCUT2D eigenvalue weighted by Crippen LogP contribution is -2.52. The average Bonchev–Trinajstić information content (AvgIpc) is 3.03. The maximum absolute atomic E-state index is 11.8. The lowest BCUT2D eigenvalue weighted by Gasteiger charge is -2.36. The van der Waals surface area contributed by atoms with Crippen molar-refractivity contribution in [3.05, 3.63) is 0 Å². The summed E-state index contributed by atoms with van der Waals surface area (Å²) in [5, 5.41) is 6.34. The zero-order valence-electron chi connectivity index (χ0n) is 12.6. The average molecular weight is 326 g/mol. The quantitative estimate of drug-likeness (QED) is 0.750. The minimum Gasteiger partial charge on any atom is -0.353 e. The molecule has 0 heterocycles. The van der Waals surface area contributed by atoms with Crippen LogP contribution in [0.3, 0.4) is 0 Å². The van der Waals surface area contributed by atoms with Crippen molar-refractivity contribution in [2.45, 2.75) is 44.1 Å². The van der Waals surface area contributed by atoms with E-state index in [1.165, 1.54) is 38.5 Å².